The van der Waals surface area contributed by atoms with E-state index in [1.807, 2.05) is 21.8 Å². The Morgan fingerprint density at radius 1 is 1.22 bits per heavy atom. The summed E-state index contributed by atoms with van der Waals surface area (Å²) in [5, 5.41) is 4.71. The van der Waals surface area contributed by atoms with E-state index in [0.717, 1.165) is 18.2 Å². The van der Waals surface area contributed by atoms with Crippen LogP contribution in [-0.2, 0) is 7.05 Å². The van der Waals surface area contributed by atoms with Crippen molar-refractivity contribution in [1.29, 1.82) is 0 Å². The Hall–Kier alpha value is -4.16. The first-order valence-electron chi connectivity index (χ1n) is 11.3. The molecule has 0 spiro atoms. The SMILES string of the molecule is C[C@@H](NC(=O)c1ccc2c(n1)N(C(=O)Nc1cc(-c3cncn3C)ccn1)C1CCN2C1)C(F)(F)F. The van der Waals surface area contributed by atoms with Gasteiger partial charge in [0.15, 0.2) is 5.82 Å². The average Bonchev–Trinajstić information content (AvgIpc) is 3.45. The van der Waals surface area contributed by atoms with E-state index in [-0.39, 0.29) is 17.6 Å². The molecule has 0 radical (unpaired) electrons. The summed E-state index contributed by atoms with van der Waals surface area (Å²) in [5.41, 5.74) is 2.08. The molecule has 1 saturated heterocycles. The highest BCUT2D eigenvalue weighted by molar-refractivity contribution is 6.05. The van der Waals surface area contributed by atoms with Crippen LogP contribution in [0.4, 0.5) is 35.3 Å². The fourth-order valence-electron chi connectivity index (χ4n) is 4.41. The number of nitrogens with one attached hydrogen (secondary N) is 2. The van der Waals surface area contributed by atoms with E-state index >= 15 is 0 Å². The number of nitrogens with zero attached hydrogens (tertiary/aromatic N) is 6. The van der Waals surface area contributed by atoms with Gasteiger partial charge in [-0.1, -0.05) is 0 Å². The number of carbonyl (C=O) groups is 2. The molecule has 1 unspecified atom stereocenters. The van der Waals surface area contributed by atoms with Gasteiger partial charge in [0, 0.05) is 31.9 Å². The molecule has 2 atom stereocenters. The maximum atomic E-state index is 13.4. The maximum Gasteiger partial charge on any atom is 0.408 e. The molecule has 188 valence electrons. The van der Waals surface area contributed by atoms with Crippen molar-refractivity contribution in [2.45, 2.75) is 31.6 Å². The van der Waals surface area contributed by atoms with Crippen LogP contribution in [0.5, 0.6) is 0 Å². The van der Waals surface area contributed by atoms with Crippen molar-refractivity contribution in [1.82, 2.24) is 24.8 Å². The molecule has 5 heterocycles. The minimum absolute atomic E-state index is 0.207. The highest BCUT2D eigenvalue weighted by atomic mass is 19.4. The van der Waals surface area contributed by atoms with Crippen LogP contribution in [0.1, 0.15) is 23.8 Å². The zero-order chi connectivity index (χ0) is 25.6. The summed E-state index contributed by atoms with van der Waals surface area (Å²) < 4.78 is 40.6. The summed E-state index contributed by atoms with van der Waals surface area (Å²) >= 11 is 0. The number of alkyl halides is 3. The summed E-state index contributed by atoms with van der Waals surface area (Å²) in [6.45, 7) is 2.13. The van der Waals surface area contributed by atoms with Gasteiger partial charge in [-0.25, -0.2) is 19.7 Å². The number of fused-ring (bicyclic) bond motifs is 4. The van der Waals surface area contributed by atoms with Gasteiger partial charge in [-0.15, -0.1) is 0 Å². The van der Waals surface area contributed by atoms with Crippen molar-refractivity contribution in [3.8, 4) is 11.3 Å². The Morgan fingerprint density at radius 2 is 2.03 bits per heavy atom. The third-order valence-corrected chi connectivity index (χ3v) is 6.35. The average molecular weight is 500 g/mol. The Bertz CT molecular complexity index is 1320. The first-order valence-corrected chi connectivity index (χ1v) is 11.3. The third-order valence-electron chi connectivity index (χ3n) is 6.35. The van der Waals surface area contributed by atoms with Crippen molar-refractivity contribution < 1.29 is 22.8 Å². The molecular formula is C23H23F3N8O2. The number of anilines is 3. The van der Waals surface area contributed by atoms with Gasteiger partial charge in [-0.05, 0) is 37.6 Å². The summed E-state index contributed by atoms with van der Waals surface area (Å²) in [7, 11) is 1.85. The van der Waals surface area contributed by atoms with Crippen LogP contribution < -0.4 is 20.4 Å². The third kappa shape index (κ3) is 4.32. The van der Waals surface area contributed by atoms with E-state index in [1.54, 1.807) is 36.9 Å². The van der Waals surface area contributed by atoms with Crippen molar-refractivity contribution in [3.05, 3.63) is 48.7 Å². The number of aromatic nitrogens is 4. The molecule has 0 saturated carbocycles. The number of urea groups is 1. The number of hydrogen-bond donors (Lipinski definition) is 2. The molecule has 1 fully saturated rings. The lowest BCUT2D eigenvalue weighted by Gasteiger charge is -2.35. The highest BCUT2D eigenvalue weighted by Gasteiger charge is 2.41. The van der Waals surface area contributed by atoms with Gasteiger partial charge in [-0.3, -0.25) is 15.0 Å². The molecule has 2 aliphatic rings. The smallest absolute Gasteiger partial charge is 0.366 e. The second kappa shape index (κ2) is 8.81. The molecule has 3 amide bonds. The van der Waals surface area contributed by atoms with Crippen LogP contribution in [0.3, 0.4) is 0 Å². The summed E-state index contributed by atoms with van der Waals surface area (Å²) in [6.07, 6.45) is 1.03. The fourth-order valence-corrected chi connectivity index (χ4v) is 4.41. The van der Waals surface area contributed by atoms with Crippen molar-refractivity contribution in [3.63, 3.8) is 0 Å². The Morgan fingerprint density at radius 3 is 2.75 bits per heavy atom. The minimum Gasteiger partial charge on any atom is -0.366 e. The Labute approximate surface area is 204 Å². The molecule has 3 aromatic heterocycles. The number of pyridine rings is 2. The van der Waals surface area contributed by atoms with E-state index in [1.165, 1.54) is 11.0 Å². The molecule has 2 N–H and O–H groups in total. The second-order valence-electron chi connectivity index (χ2n) is 8.78. The van der Waals surface area contributed by atoms with Crippen LogP contribution in [0.15, 0.2) is 43.0 Å². The van der Waals surface area contributed by atoms with Gasteiger partial charge in [-0.2, -0.15) is 13.2 Å². The van der Waals surface area contributed by atoms with Crippen LogP contribution in [0, 0.1) is 0 Å². The van der Waals surface area contributed by atoms with E-state index in [2.05, 4.69) is 20.3 Å². The van der Waals surface area contributed by atoms with Gasteiger partial charge < -0.3 is 14.8 Å². The molecule has 2 aliphatic heterocycles. The number of aryl methyl sites for hydroxylation is 1. The number of carbonyl (C=O) groups excluding carboxylic acids is 2. The normalized spacial score (nSPS) is 17.5. The zero-order valence-corrected chi connectivity index (χ0v) is 19.5. The van der Waals surface area contributed by atoms with Crippen molar-refractivity contribution in [2.75, 3.05) is 28.2 Å². The standard InChI is InChI=1S/C23H23F3N8O2/c1-13(23(24,25)26)29-21(35)16-3-4-17-20(30-16)34(15-6-8-33(17)11-15)22(36)31-19-9-14(5-7-28-19)18-10-27-12-32(18)2/h3-5,7,9-10,12-13,15H,6,8,11H2,1-2H3,(H,29,35)(H,28,31,36)/t13-,15?/m1/s1. The highest BCUT2D eigenvalue weighted by Crippen LogP contribution is 2.39. The molecule has 13 heteroatoms. The first-order chi connectivity index (χ1) is 17.1. The Kier molecular flexibility index (Phi) is 5.77. The van der Waals surface area contributed by atoms with Gasteiger partial charge in [0.1, 0.15) is 17.6 Å². The largest absolute Gasteiger partial charge is 0.408 e. The van der Waals surface area contributed by atoms with Gasteiger partial charge >= 0.3 is 12.2 Å². The molecule has 0 aliphatic carbocycles. The molecule has 3 aromatic rings. The number of imidazole rings is 1. The minimum atomic E-state index is -4.59. The van der Waals surface area contributed by atoms with Gasteiger partial charge in [0.25, 0.3) is 5.91 Å². The van der Waals surface area contributed by atoms with Gasteiger partial charge in [0.2, 0.25) is 0 Å². The number of amides is 3. The topological polar surface area (TPSA) is 108 Å². The quantitative estimate of drug-likeness (QED) is 0.570. The predicted octanol–water partition coefficient (Wildman–Crippen LogP) is 3.19. The first kappa shape index (κ1) is 23.6. The van der Waals surface area contributed by atoms with E-state index in [9.17, 15) is 22.8 Å². The number of hydrogen-bond acceptors (Lipinski definition) is 6. The number of halogens is 3. The van der Waals surface area contributed by atoms with Crippen molar-refractivity contribution in [2.24, 2.45) is 7.05 Å². The lowest BCUT2D eigenvalue weighted by atomic mass is 10.1. The summed E-state index contributed by atoms with van der Waals surface area (Å²) in [6, 6.07) is 3.75. The molecular weight excluding hydrogens is 477 g/mol. The molecule has 0 aromatic carbocycles. The monoisotopic (exact) mass is 500 g/mol. The van der Waals surface area contributed by atoms with Crippen molar-refractivity contribution >= 4 is 29.3 Å². The van der Waals surface area contributed by atoms with Crippen LogP contribution >= 0.6 is 0 Å². The fraction of sp³-hybridized carbons (Fsp3) is 0.348. The van der Waals surface area contributed by atoms with E-state index in [0.29, 0.717) is 31.0 Å². The summed E-state index contributed by atoms with van der Waals surface area (Å²) in [5.74, 6) is -0.439. The second-order valence-corrected chi connectivity index (χ2v) is 8.78. The van der Waals surface area contributed by atoms with Crippen LogP contribution in [0.2, 0.25) is 0 Å². The summed E-state index contributed by atoms with van der Waals surface area (Å²) in [4.78, 5) is 42.1. The van der Waals surface area contributed by atoms with Crippen LogP contribution in [-0.4, -0.2) is 62.8 Å². The number of rotatable bonds is 4. The van der Waals surface area contributed by atoms with Crippen LogP contribution in [0.25, 0.3) is 11.3 Å². The molecule has 10 nitrogen and oxygen atoms in total. The van der Waals surface area contributed by atoms with Gasteiger partial charge in [0.05, 0.1) is 29.9 Å². The lowest BCUT2D eigenvalue weighted by molar-refractivity contribution is -0.149. The van der Waals surface area contributed by atoms with E-state index < -0.39 is 24.2 Å². The molecule has 36 heavy (non-hydrogen) atoms. The molecule has 2 bridgehead atoms. The predicted molar refractivity (Wildman–Crippen MR) is 126 cm³/mol. The van der Waals surface area contributed by atoms with E-state index in [4.69, 9.17) is 0 Å². The zero-order valence-electron chi connectivity index (χ0n) is 19.5. The maximum absolute atomic E-state index is 13.4. The molecule has 5 rings (SSSR count). The lowest BCUT2D eigenvalue weighted by Crippen LogP contribution is -2.49. The Balaban J connectivity index is 1.42.